The van der Waals surface area contributed by atoms with Crippen molar-refractivity contribution in [2.75, 3.05) is 6.26 Å². The average Bonchev–Trinajstić information content (AvgIpc) is 3.06. The minimum absolute atomic E-state index is 0.0833. The van der Waals surface area contributed by atoms with Gasteiger partial charge < -0.3 is 4.42 Å². The van der Waals surface area contributed by atoms with Crippen LogP contribution in [0.4, 0.5) is 5.82 Å². The van der Waals surface area contributed by atoms with E-state index in [1.165, 1.54) is 5.56 Å². The lowest BCUT2D eigenvalue weighted by atomic mass is 9.82. The number of aliphatic imine (C=N–C) groups is 1. The minimum Gasteiger partial charge on any atom is -0.456 e. The summed E-state index contributed by atoms with van der Waals surface area (Å²) in [7, 11) is 0. The first-order valence-corrected chi connectivity index (χ1v) is 8.87. The number of thioether (sulfide) groups is 1. The van der Waals surface area contributed by atoms with Gasteiger partial charge in [0.1, 0.15) is 16.4 Å². The molecule has 0 saturated carbocycles. The fourth-order valence-electron chi connectivity index (χ4n) is 2.97. The Balaban J connectivity index is 1.95. The lowest BCUT2D eigenvalue weighted by Gasteiger charge is -2.20. The van der Waals surface area contributed by atoms with Gasteiger partial charge in [0.25, 0.3) is 0 Å². The van der Waals surface area contributed by atoms with Crippen LogP contribution >= 0.6 is 11.8 Å². The molecule has 0 unspecified atom stereocenters. The maximum Gasteiger partial charge on any atom is 0.157 e. The molecule has 1 aliphatic heterocycles. The summed E-state index contributed by atoms with van der Waals surface area (Å²) in [4.78, 5) is 9.43. The van der Waals surface area contributed by atoms with Gasteiger partial charge in [0.15, 0.2) is 5.82 Å². The monoisotopic (exact) mass is 322 g/mol. The molecule has 0 bridgehead atoms. The van der Waals surface area contributed by atoms with E-state index in [1.807, 2.05) is 24.5 Å². The van der Waals surface area contributed by atoms with Crippen molar-refractivity contribution in [3.8, 4) is 11.3 Å². The summed E-state index contributed by atoms with van der Waals surface area (Å²) in [5.41, 5.74) is 4.14. The molecule has 3 heterocycles. The fraction of sp³-hybridized carbons (Fsp3) is 0.263. The number of nitrogens with zero attached hydrogens (tertiary/aromatic N) is 2. The van der Waals surface area contributed by atoms with E-state index >= 15 is 0 Å². The number of hydrogen-bond acceptors (Lipinski definition) is 4. The third-order valence-corrected chi connectivity index (χ3v) is 5.40. The molecule has 2 aromatic heterocycles. The highest BCUT2D eigenvalue weighted by Crippen LogP contribution is 2.43. The molecule has 1 aliphatic rings. The number of para-hydroxylation sites is 1. The van der Waals surface area contributed by atoms with Gasteiger partial charge in [-0.25, -0.2) is 9.98 Å². The molecular weight excluding hydrogens is 304 g/mol. The van der Waals surface area contributed by atoms with Crippen LogP contribution < -0.4 is 0 Å². The van der Waals surface area contributed by atoms with E-state index in [-0.39, 0.29) is 5.41 Å². The van der Waals surface area contributed by atoms with Crippen molar-refractivity contribution in [1.82, 2.24) is 4.98 Å². The minimum atomic E-state index is -0.0833. The maximum atomic E-state index is 6.06. The molecule has 3 nitrogen and oxygen atoms in total. The van der Waals surface area contributed by atoms with Crippen LogP contribution in [0.2, 0.25) is 0 Å². The van der Waals surface area contributed by atoms with Crippen molar-refractivity contribution >= 4 is 34.3 Å². The zero-order valence-corrected chi connectivity index (χ0v) is 14.5. The van der Waals surface area contributed by atoms with Gasteiger partial charge >= 0.3 is 0 Å². The first kappa shape index (κ1) is 14.5. The quantitative estimate of drug-likeness (QED) is 0.576. The Morgan fingerprint density at radius 2 is 1.91 bits per heavy atom. The molecule has 4 rings (SSSR count). The Morgan fingerprint density at radius 3 is 2.65 bits per heavy atom. The SMILES string of the molecule is CSc1nc2c(cc1-c1cc3ccccc3o1)C(C)(C)C(C)=N2. The highest BCUT2D eigenvalue weighted by atomic mass is 32.2. The maximum absolute atomic E-state index is 6.06. The zero-order valence-electron chi connectivity index (χ0n) is 13.7. The summed E-state index contributed by atoms with van der Waals surface area (Å²) in [5.74, 6) is 1.71. The van der Waals surface area contributed by atoms with Crippen LogP contribution in [0.3, 0.4) is 0 Å². The fourth-order valence-corrected chi connectivity index (χ4v) is 3.53. The van der Waals surface area contributed by atoms with Crippen LogP contribution in [0.1, 0.15) is 26.3 Å². The predicted molar refractivity (Wildman–Crippen MR) is 97.0 cm³/mol. The number of fused-ring (bicyclic) bond motifs is 2. The highest BCUT2D eigenvalue weighted by molar-refractivity contribution is 7.98. The first-order chi connectivity index (χ1) is 11.0. The number of hydrogen-bond donors (Lipinski definition) is 0. The summed E-state index contributed by atoms with van der Waals surface area (Å²) in [6.45, 7) is 6.46. The van der Waals surface area contributed by atoms with Gasteiger partial charge in [0.2, 0.25) is 0 Å². The van der Waals surface area contributed by atoms with Crippen LogP contribution in [0.5, 0.6) is 0 Å². The van der Waals surface area contributed by atoms with E-state index in [0.29, 0.717) is 0 Å². The molecule has 0 amide bonds. The Kier molecular flexibility index (Phi) is 3.13. The first-order valence-electron chi connectivity index (χ1n) is 7.65. The smallest absolute Gasteiger partial charge is 0.157 e. The van der Waals surface area contributed by atoms with Crippen molar-refractivity contribution in [2.24, 2.45) is 4.99 Å². The summed E-state index contributed by atoms with van der Waals surface area (Å²) in [5, 5.41) is 2.07. The lowest BCUT2D eigenvalue weighted by molar-refractivity contribution is 0.628. The van der Waals surface area contributed by atoms with Gasteiger partial charge in [0.05, 0.1) is 0 Å². The van der Waals surface area contributed by atoms with Crippen molar-refractivity contribution in [1.29, 1.82) is 0 Å². The molecule has 116 valence electrons. The largest absolute Gasteiger partial charge is 0.456 e. The van der Waals surface area contributed by atoms with Gasteiger partial charge in [-0.3, -0.25) is 0 Å². The molecule has 0 atom stereocenters. The van der Waals surface area contributed by atoms with E-state index in [4.69, 9.17) is 9.40 Å². The number of pyridine rings is 1. The number of furan rings is 1. The second-order valence-corrected chi connectivity index (χ2v) is 7.18. The number of rotatable bonds is 2. The molecule has 0 aliphatic carbocycles. The topological polar surface area (TPSA) is 38.4 Å². The van der Waals surface area contributed by atoms with Gasteiger partial charge in [0, 0.05) is 27.6 Å². The Morgan fingerprint density at radius 1 is 1.13 bits per heavy atom. The highest BCUT2D eigenvalue weighted by Gasteiger charge is 2.34. The molecule has 1 aromatic carbocycles. The summed E-state index contributed by atoms with van der Waals surface area (Å²) in [6.07, 6.45) is 2.04. The molecule has 23 heavy (non-hydrogen) atoms. The Bertz CT molecular complexity index is 920. The van der Waals surface area contributed by atoms with Crippen molar-refractivity contribution in [2.45, 2.75) is 31.2 Å². The molecule has 0 fully saturated rings. The molecule has 4 heteroatoms. The average molecular weight is 322 g/mol. The van der Waals surface area contributed by atoms with E-state index in [1.54, 1.807) is 11.8 Å². The molecule has 0 radical (unpaired) electrons. The molecule has 0 saturated heterocycles. The zero-order chi connectivity index (χ0) is 16.2. The van der Waals surface area contributed by atoms with E-state index in [0.717, 1.165) is 38.8 Å². The van der Waals surface area contributed by atoms with Crippen molar-refractivity contribution < 1.29 is 4.42 Å². The van der Waals surface area contributed by atoms with Crippen LogP contribution in [-0.2, 0) is 5.41 Å². The third-order valence-electron chi connectivity index (χ3n) is 4.70. The third kappa shape index (κ3) is 2.12. The van der Waals surface area contributed by atoms with E-state index in [2.05, 4.69) is 44.0 Å². The van der Waals surface area contributed by atoms with Gasteiger partial charge in [-0.05, 0) is 31.4 Å². The standard InChI is InChI=1S/C19H18N2OS/c1-11-19(2,3)14-10-13(18(23-4)21-17(14)20-11)16-9-12-7-5-6-8-15(12)22-16/h5-10H,1-4H3. The lowest BCUT2D eigenvalue weighted by Crippen LogP contribution is -2.22. The Hall–Kier alpha value is -2.07. The molecular formula is C19H18N2OS. The van der Waals surface area contributed by atoms with Crippen LogP contribution in [0.15, 0.2) is 50.8 Å². The number of benzene rings is 1. The second kappa shape index (κ2) is 4.96. The molecule has 3 aromatic rings. The van der Waals surface area contributed by atoms with Crippen LogP contribution in [0.25, 0.3) is 22.3 Å². The summed E-state index contributed by atoms with van der Waals surface area (Å²) < 4.78 is 6.06. The van der Waals surface area contributed by atoms with Crippen LogP contribution in [-0.4, -0.2) is 17.0 Å². The van der Waals surface area contributed by atoms with Crippen molar-refractivity contribution in [3.05, 3.63) is 42.0 Å². The van der Waals surface area contributed by atoms with E-state index < -0.39 is 0 Å². The van der Waals surface area contributed by atoms with E-state index in [9.17, 15) is 0 Å². The van der Waals surface area contributed by atoms with Crippen LogP contribution in [0, 0.1) is 0 Å². The predicted octanol–water partition coefficient (Wildman–Crippen LogP) is 5.60. The molecule has 0 N–H and O–H groups in total. The summed E-state index contributed by atoms with van der Waals surface area (Å²) >= 11 is 1.63. The summed E-state index contributed by atoms with van der Waals surface area (Å²) in [6, 6.07) is 12.4. The molecule has 0 spiro atoms. The van der Waals surface area contributed by atoms with Gasteiger partial charge in [-0.1, -0.05) is 32.0 Å². The number of aromatic nitrogens is 1. The van der Waals surface area contributed by atoms with Gasteiger partial charge in [-0.15, -0.1) is 11.8 Å². The second-order valence-electron chi connectivity index (χ2n) is 6.39. The Labute approximate surface area is 139 Å². The normalized spacial score (nSPS) is 15.7. The van der Waals surface area contributed by atoms with Gasteiger partial charge in [-0.2, -0.15) is 0 Å². The van der Waals surface area contributed by atoms with Crippen molar-refractivity contribution in [3.63, 3.8) is 0 Å².